The van der Waals surface area contributed by atoms with Crippen molar-refractivity contribution in [3.8, 4) is 0 Å². The number of carbonyl (C=O) groups excluding carboxylic acids is 1. The second kappa shape index (κ2) is 7.77. The summed E-state index contributed by atoms with van der Waals surface area (Å²) in [4.78, 5) is 14.5. The molecule has 2 amide bonds. The minimum Gasteiger partial charge on any atom is -0.365 e. The van der Waals surface area contributed by atoms with E-state index in [9.17, 15) is 9.18 Å². The Kier molecular flexibility index (Phi) is 4.96. The van der Waals surface area contributed by atoms with E-state index >= 15 is 0 Å². The summed E-state index contributed by atoms with van der Waals surface area (Å²) in [6.07, 6.45) is 2.03. The van der Waals surface area contributed by atoms with Gasteiger partial charge in [0.15, 0.2) is 0 Å². The second-order valence-corrected chi connectivity index (χ2v) is 8.73. The average molecular weight is 425 g/mol. The van der Waals surface area contributed by atoms with E-state index in [1.165, 1.54) is 34.6 Å². The van der Waals surface area contributed by atoms with Gasteiger partial charge in [-0.3, -0.25) is 5.32 Å². The van der Waals surface area contributed by atoms with Crippen LogP contribution in [-0.2, 0) is 23.4 Å². The number of rotatable bonds is 3. The summed E-state index contributed by atoms with van der Waals surface area (Å²) in [7, 11) is 0. The van der Waals surface area contributed by atoms with Crippen LogP contribution in [0.2, 0.25) is 0 Å². The topological polar surface area (TPSA) is 67.4 Å². The number of fused-ring (bicyclic) bond motifs is 2. The van der Waals surface area contributed by atoms with Crippen molar-refractivity contribution in [2.45, 2.75) is 31.5 Å². The molecule has 1 spiro atoms. The van der Waals surface area contributed by atoms with Gasteiger partial charge in [-0.25, -0.2) is 9.18 Å². The predicted octanol–water partition coefficient (Wildman–Crippen LogP) is 4.32. The summed E-state index contributed by atoms with van der Waals surface area (Å²) in [5, 5.41) is 12.2. The fraction of sp³-hybridized carbons (Fsp3) is 0.318. The number of carbonyl (C=O) groups is 1. The molecule has 1 aromatic heterocycles. The van der Waals surface area contributed by atoms with E-state index in [2.05, 4.69) is 27.6 Å². The van der Waals surface area contributed by atoms with Crippen molar-refractivity contribution >= 4 is 22.5 Å². The number of urea groups is 1. The third-order valence-corrected chi connectivity index (χ3v) is 6.63. The van der Waals surface area contributed by atoms with Gasteiger partial charge >= 0.3 is 6.03 Å². The van der Waals surface area contributed by atoms with Crippen LogP contribution in [0, 0.1) is 5.82 Å². The third-order valence-electron chi connectivity index (χ3n) is 5.80. The average Bonchev–Trinajstić information content (AvgIpc) is 3.34. The van der Waals surface area contributed by atoms with Crippen LogP contribution in [-0.4, -0.2) is 34.2 Å². The molecule has 0 aliphatic carbocycles. The van der Waals surface area contributed by atoms with Crippen LogP contribution in [0.25, 0.3) is 0 Å². The molecule has 2 aliphatic rings. The Morgan fingerprint density at radius 2 is 2.00 bits per heavy atom. The highest BCUT2D eigenvalue weighted by Crippen LogP contribution is 2.44. The molecular formula is C22H21FN4O2S. The number of amides is 2. The summed E-state index contributed by atoms with van der Waals surface area (Å²) in [5.74, 6) is -0.276. The molecule has 30 heavy (non-hydrogen) atoms. The minimum atomic E-state index is -0.276. The molecule has 3 heterocycles. The Hall–Kier alpha value is -2.84. The van der Waals surface area contributed by atoms with Gasteiger partial charge in [-0.1, -0.05) is 47.7 Å². The molecule has 154 valence electrons. The van der Waals surface area contributed by atoms with E-state index in [4.69, 9.17) is 4.74 Å². The van der Waals surface area contributed by atoms with Crippen LogP contribution in [0.15, 0.2) is 48.5 Å². The first-order chi connectivity index (χ1) is 14.6. The number of anilines is 1. The first-order valence-electron chi connectivity index (χ1n) is 9.96. The maximum absolute atomic E-state index is 13.3. The number of ether oxygens (including phenoxy) is 1. The maximum atomic E-state index is 13.3. The van der Waals surface area contributed by atoms with Gasteiger partial charge in [0, 0.05) is 19.5 Å². The van der Waals surface area contributed by atoms with E-state index in [-0.39, 0.29) is 17.4 Å². The van der Waals surface area contributed by atoms with Gasteiger partial charge in [-0.05, 0) is 41.7 Å². The fourth-order valence-corrected chi connectivity index (χ4v) is 5.00. The lowest BCUT2D eigenvalue weighted by molar-refractivity contribution is -0.0722. The second-order valence-electron chi connectivity index (χ2n) is 7.66. The fourth-order valence-electron chi connectivity index (χ4n) is 4.24. The first kappa shape index (κ1) is 19.1. The van der Waals surface area contributed by atoms with Gasteiger partial charge < -0.3 is 9.64 Å². The zero-order valence-electron chi connectivity index (χ0n) is 16.3. The zero-order chi connectivity index (χ0) is 20.6. The van der Waals surface area contributed by atoms with Crippen molar-refractivity contribution in [2.24, 2.45) is 0 Å². The van der Waals surface area contributed by atoms with E-state index in [1.54, 1.807) is 11.0 Å². The summed E-state index contributed by atoms with van der Waals surface area (Å²) < 4.78 is 19.5. The third kappa shape index (κ3) is 3.68. The van der Waals surface area contributed by atoms with Crippen LogP contribution in [0.5, 0.6) is 0 Å². The summed E-state index contributed by atoms with van der Waals surface area (Å²) >= 11 is 1.31. The van der Waals surface area contributed by atoms with E-state index in [1.807, 2.05) is 18.2 Å². The van der Waals surface area contributed by atoms with Crippen LogP contribution in [0.4, 0.5) is 14.3 Å². The maximum Gasteiger partial charge on any atom is 0.323 e. The van der Waals surface area contributed by atoms with Crippen LogP contribution in [0.1, 0.15) is 34.5 Å². The molecule has 1 saturated heterocycles. The van der Waals surface area contributed by atoms with Crippen LogP contribution >= 0.6 is 11.3 Å². The number of hydrogen-bond acceptors (Lipinski definition) is 5. The quantitative estimate of drug-likeness (QED) is 0.680. The molecule has 3 aromatic rings. The number of aromatic nitrogens is 2. The molecule has 0 bridgehead atoms. The highest BCUT2D eigenvalue weighted by Gasteiger charge is 2.43. The molecule has 0 radical (unpaired) electrons. The Labute approximate surface area is 177 Å². The highest BCUT2D eigenvalue weighted by molar-refractivity contribution is 7.15. The van der Waals surface area contributed by atoms with Crippen molar-refractivity contribution in [1.29, 1.82) is 0 Å². The number of hydrogen-bond donors (Lipinski definition) is 1. The number of nitrogens with zero attached hydrogens (tertiary/aromatic N) is 3. The molecule has 2 aliphatic heterocycles. The lowest BCUT2D eigenvalue weighted by Crippen LogP contribution is -2.46. The Balaban J connectivity index is 1.19. The molecule has 2 aromatic carbocycles. The first-order valence-corrected chi connectivity index (χ1v) is 10.8. The predicted molar refractivity (Wildman–Crippen MR) is 112 cm³/mol. The summed E-state index contributed by atoms with van der Waals surface area (Å²) in [6, 6.07) is 14.6. The van der Waals surface area contributed by atoms with E-state index in [0.29, 0.717) is 31.2 Å². The van der Waals surface area contributed by atoms with Gasteiger partial charge in [0.2, 0.25) is 5.13 Å². The van der Waals surface area contributed by atoms with Gasteiger partial charge in [-0.15, -0.1) is 10.2 Å². The number of halogens is 1. The standard InChI is InChI=1S/C22H21FN4O2S/c23-17-6-3-4-15(12-17)13-19-25-26-20(30-19)24-21(28)27-10-8-22(9-11-27)18-7-2-1-5-16(18)14-29-22/h1-7,12H,8-11,13-14H2,(H,24,26,28). The van der Waals surface area contributed by atoms with E-state index < -0.39 is 0 Å². The monoisotopic (exact) mass is 424 g/mol. The van der Waals surface area contributed by atoms with Gasteiger partial charge in [0.25, 0.3) is 0 Å². The molecule has 1 fully saturated rings. The van der Waals surface area contributed by atoms with Crippen molar-refractivity contribution in [3.05, 3.63) is 76.0 Å². The zero-order valence-corrected chi connectivity index (χ0v) is 17.1. The molecule has 8 heteroatoms. The van der Waals surface area contributed by atoms with Gasteiger partial charge in [0.05, 0.1) is 12.2 Å². The molecule has 5 rings (SSSR count). The Morgan fingerprint density at radius 3 is 2.83 bits per heavy atom. The van der Waals surface area contributed by atoms with Gasteiger partial charge in [0.1, 0.15) is 10.8 Å². The Morgan fingerprint density at radius 1 is 1.17 bits per heavy atom. The van der Waals surface area contributed by atoms with Crippen molar-refractivity contribution in [3.63, 3.8) is 0 Å². The summed E-state index contributed by atoms with van der Waals surface area (Å²) in [5.41, 5.74) is 3.06. The van der Waals surface area contributed by atoms with Crippen molar-refractivity contribution in [1.82, 2.24) is 15.1 Å². The van der Waals surface area contributed by atoms with Gasteiger partial charge in [-0.2, -0.15) is 0 Å². The molecular weight excluding hydrogens is 403 g/mol. The smallest absolute Gasteiger partial charge is 0.323 e. The van der Waals surface area contributed by atoms with E-state index in [0.717, 1.165) is 23.4 Å². The normalized spacial score (nSPS) is 17.2. The van der Waals surface area contributed by atoms with Crippen molar-refractivity contribution in [2.75, 3.05) is 18.4 Å². The Bertz CT molecular complexity index is 1080. The molecule has 0 unspecified atom stereocenters. The number of piperidine rings is 1. The van der Waals surface area contributed by atoms with Crippen LogP contribution in [0.3, 0.4) is 0 Å². The molecule has 6 nitrogen and oxygen atoms in total. The lowest BCUT2D eigenvalue weighted by Gasteiger charge is -2.39. The van der Waals surface area contributed by atoms with Crippen LogP contribution < -0.4 is 5.32 Å². The molecule has 0 atom stereocenters. The molecule has 1 N–H and O–H groups in total. The summed E-state index contributed by atoms with van der Waals surface area (Å²) in [6.45, 7) is 1.88. The lowest BCUT2D eigenvalue weighted by atomic mass is 9.84. The number of nitrogens with one attached hydrogen (secondary N) is 1. The largest absolute Gasteiger partial charge is 0.365 e. The minimum absolute atomic E-state index is 0.176. The SMILES string of the molecule is O=C(Nc1nnc(Cc2cccc(F)c2)s1)N1CCC2(CC1)OCc1ccccc12. The highest BCUT2D eigenvalue weighted by atomic mass is 32.1. The number of likely N-dealkylation sites (tertiary alicyclic amines) is 1. The number of benzene rings is 2. The molecule has 0 saturated carbocycles. The van der Waals surface area contributed by atoms with Crippen molar-refractivity contribution < 1.29 is 13.9 Å².